The van der Waals surface area contributed by atoms with Gasteiger partial charge in [-0.05, 0) is 25.2 Å². The molecule has 3 nitrogen and oxygen atoms in total. The molecule has 0 bridgehead atoms. The molecular weight excluding hydrogens is 258 g/mol. The maximum absolute atomic E-state index is 6.17. The monoisotopic (exact) mass is 279 g/mol. The average Bonchev–Trinajstić information content (AvgIpc) is 2.81. The summed E-state index contributed by atoms with van der Waals surface area (Å²) in [5.74, 6) is 3.09. The summed E-state index contributed by atoms with van der Waals surface area (Å²) in [7, 11) is 0. The van der Waals surface area contributed by atoms with Crippen LogP contribution in [0.1, 0.15) is 57.7 Å². The van der Waals surface area contributed by atoms with Crippen molar-refractivity contribution in [3.63, 3.8) is 0 Å². The second kappa shape index (κ2) is 5.28. The van der Waals surface area contributed by atoms with Crippen LogP contribution in [0.2, 0.25) is 5.15 Å². The molecule has 2 fully saturated rings. The van der Waals surface area contributed by atoms with Gasteiger partial charge in [-0.15, -0.1) is 0 Å². The molecule has 19 heavy (non-hydrogen) atoms. The Bertz CT molecular complexity index is 461. The lowest BCUT2D eigenvalue weighted by molar-refractivity contribution is 0.341. The fourth-order valence-corrected chi connectivity index (χ4v) is 3.70. The highest BCUT2D eigenvalue weighted by Crippen LogP contribution is 2.38. The molecule has 2 unspecified atom stereocenters. The number of aromatic nitrogens is 2. The van der Waals surface area contributed by atoms with Gasteiger partial charge in [0.2, 0.25) is 0 Å². The van der Waals surface area contributed by atoms with Gasteiger partial charge in [-0.1, -0.05) is 38.3 Å². The summed E-state index contributed by atoms with van der Waals surface area (Å²) in [6, 6.07) is 2.62. The second-order valence-corrected chi connectivity index (χ2v) is 6.54. The maximum Gasteiger partial charge on any atom is 0.135 e. The number of rotatable bonds is 2. The highest BCUT2D eigenvalue weighted by molar-refractivity contribution is 6.29. The number of fused-ring (bicyclic) bond motifs is 1. The van der Waals surface area contributed by atoms with E-state index in [2.05, 4.69) is 23.7 Å². The summed E-state index contributed by atoms with van der Waals surface area (Å²) < 4.78 is 0. The second-order valence-electron chi connectivity index (χ2n) is 6.16. The van der Waals surface area contributed by atoms with Gasteiger partial charge >= 0.3 is 0 Å². The zero-order chi connectivity index (χ0) is 13.4. The third-order valence-electron chi connectivity index (χ3n) is 4.52. The van der Waals surface area contributed by atoms with E-state index in [1.54, 1.807) is 0 Å². The number of hydrogen-bond acceptors (Lipinski definition) is 3. The Balaban J connectivity index is 1.89. The molecule has 1 aliphatic carbocycles. The van der Waals surface area contributed by atoms with E-state index >= 15 is 0 Å². The van der Waals surface area contributed by atoms with E-state index in [1.165, 1.54) is 32.1 Å². The smallest absolute Gasteiger partial charge is 0.135 e. The van der Waals surface area contributed by atoms with Gasteiger partial charge in [0.05, 0.1) is 0 Å². The van der Waals surface area contributed by atoms with Crippen molar-refractivity contribution in [3.8, 4) is 0 Å². The first kappa shape index (κ1) is 13.2. The Labute approximate surface area is 120 Å². The quantitative estimate of drug-likeness (QED) is 0.766. The lowest BCUT2D eigenvalue weighted by atomic mass is 9.85. The molecule has 0 N–H and O–H groups in total. The molecule has 0 amide bonds. The minimum Gasteiger partial charge on any atom is -0.353 e. The summed E-state index contributed by atoms with van der Waals surface area (Å²) >= 11 is 6.17. The van der Waals surface area contributed by atoms with Crippen LogP contribution in [0.5, 0.6) is 0 Å². The largest absolute Gasteiger partial charge is 0.353 e. The lowest BCUT2D eigenvalue weighted by Gasteiger charge is -2.32. The molecule has 104 valence electrons. The van der Waals surface area contributed by atoms with Gasteiger partial charge in [0, 0.05) is 24.6 Å². The van der Waals surface area contributed by atoms with E-state index < -0.39 is 0 Å². The summed E-state index contributed by atoms with van der Waals surface area (Å²) in [5.41, 5.74) is 0. The average molecular weight is 280 g/mol. The van der Waals surface area contributed by atoms with Crippen molar-refractivity contribution in [2.45, 2.75) is 57.9 Å². The van der Waals surface area contributed by atoms with Gasteiger partial charge in [0.15, 0.2) is 0 Å². The Morgan fingerprint density at radius 2 is 2.00 bits per heavy atom. The molecule has 0 spiro atoms. The first-order valence-corrected chi connectivity index (χ1v) is 7.84. The third kappa shape index (κ3) is 2.58. The van der Waals surface area contributed by atoms with Gasteiger partial charge in [-0.3, -0.25) is 0 Å². The van der Waals surface area contributed by atoms with Crippen molar-refractivity contribution in [2.75, 3.05) is 11.4 Å². The van der Waals surface area contributed by atoms with Gasteiger partial charge in [-0.25, -0.2) is 9.97 Å². The highest BCUT2D eigenvalue weighted by Gasteiger charge is 2.36. The molecule has 1 aromatic rings. The Kier molecular flexibility index (Phi) is 3.66. The van der Waals surface area contributed by atoms with E-state index in [9.17, 15) is 0 Å². The van der Waals surface area contributed by atoms with Gasteiger partial charge < -0.3 is 4.90 Å². The first-order chi connectivity index (χ1) is 9.15. The summed E-state index contributed by atoms with van der Waals surface area (Å²) in [5, 5.41) is 0.577. The molecule has 2 aliphatic rings. The molecule has 1 aromatic heterocycles. The van der Waals surface area contributed by atoms with Crippen LogP contribution in [0.4, 0.5) is 5.82 Å². The van der Waals surface area contributed by atoms with Crippen LogP contribution >= 0.6 is 11.6 Å². The minimum atomic E-state index is 0.321. The predicted octanol–water partition coefficient (Wildman–Crippen LogP) is 4.02. The van der Waals surface area contributed by atoms with Crippen LogP contribution in [0.3, 0.4) is 0 Å². The van der Waals surface area contributed by atoms with Crippen LogP contribution in [-0.2, 0) is 0 Å². The fourth-order valence-electron chi connectivity index (χ4n) is 3.52. The normalized spacial score (nSPS) is 26.8. The van der Waals surface area contributed by atoms with Crippen LogP contribution in [-0.4, -0.2) is 22.6 Å². The Morgan fingerprint density at radius 1 is 1.21 bits per heavy atom. The fraction of sp³-hybridized carbons (Fsp3) is 0.733. The van der Waals surface area contributed by atoms with Gasteiger partial charge in [0.1, 0.15) is 16.8 Å². The number of nitrogens with zero attached hydrogens (tertiary/aromatic N) is 3. The molecule has 0 aromatic carbocycles. The molecule has 4 heteroatoms. The van der Waals surface area contributed by atoms with Crippen molar-refractivity contribution in [1.82, 2.24) is 9.97 Å². The van der Waals surface area contributed by atoms with Crippen molar-refractivity contribution in [1.29, 1.82) is 0 Å². The number of anilines is 1. The molecule has 2 atom stereocenters. The van der Waals surface area contributed by atoms with Crippen LogP contribution < -0.4 is 4.90 Å². The van der Waals surface area contributed by atoms with E-state index in [4.69, 9.17) is 16.6 Å². The molecule has 0 radical (unpaired) electrons. The predicted molar refractivity (Wildman–Crippen MR) is 78.8 cm³/mol. The summed E-state index contributed by atoms with van der Waals surface area (Å²) in [6.45, 7) is 5.35. The standard InChI is InChI=1S/C15H22ClN3/c1-10(2)15-17-13(16)9-14(18-15)19-8-7-11-5-3-4-6-12(11)19/h9-12H,3-8H2,1-2H3. The van der Waals surface area contributed by atoms with Crippen LogP contribution in [0.25, 0.3) is 0 Å². The van der Waals surface area contributed by atoms with E-state index in [1.807, 2.05) is 6.07 Å². The van der Waals surface area contributed by atoms with E-state index in [0.29, 0.717) is 17.1 Å². The minimum absolute atomic E-state index is 0.321. The highest BCUT2D eigenvalue weighted by atomic mass is 35.5. The molecule has 1 saturated carbocycles. The van der Waals surface area contributed by atoms with Crippen molar-refractivity contribution >= 4 is 17.4 Å². The first-order valence-electron chi connectivity index (χ1n) is 7.46. The van der Waals surface area contributed by atoms with Gasteiger partial charge in [-0.2, -0.15) is 0 Å². The topological polar surface area (TPSA) is 29.0 Å². The number of halogens is 1. The molecule has 2 heterocycles. The van der Waals surface area contributed by atoms with E-state index in [0.717, 1.165) is 24.1 Å². The van der Waals surface area contributed by atoms with Crippen molar-refractivity contribution in [2.24, 2.45) is 5.92 Å². The summed E-state index contributed by atoms with van der Waals surface area (Å²) in [6.07, 6.45) is 6.76. The zero-order valence-electron chi connectivity index (χ0n) is 11.8. The SMILES string of the molecule is CC(C)c1nc(Cl)cc(N2CCC3CCCCC32)n1. The van der Waals surface area contributed by atoms with Crippen LogP contribution in [0.15, 0.2) is 6.07 Å². The zero-order valence-corrected chi connectivity index (χ0v) is 12.5. The molecular formula is C15H22ClN3. The third-order valence-corrected chi connectivity index (χ3v) is 4.71. The molecule has 1 aliphatic heterocycles. The lowest BCUT2D eigenvalue weighted by Crippen LogP contribution is -2.35. The van der Waals surface area contributed by atoms with Crippen LogP contribution in [0, 0.1) is 5.92 Å². The van der Waals surface area contributed by atoms with Crippen molar-refractivity contribution in [3.05, 3.63) is 17.0 Å². The molecule has 1 saturated heterocycles. The number of hydrogen-bond donors (Lipinski definition) is 0. The Hall–Kier alpha value is -0.830. The van der Waals surface area contributed by atoms with Gasteiger partial charge in [0.25, 0.3) is 0 Å². The maximum atomic E-state index is 6.17. The van der Waals surface area contributed by atoms with Crippen molar-refractivity contribution < 1.29 is 0 Å². The summed E-state index contributed by atoms with van der Waals surface area (Å²) in [4.78, 5) is 11.5. The Morgan fingerprint density at radius 3 is 2.79 bits per heavy atom. The molecule has 3 rings (SSSR count). The van der Waals surface area contributed by atoms with E-state index in [-0.39, 0.29) is 0 Å².